The van der Waals surface area contributed by atoms with Gasteiger partial charge in [-0.3, -0.25) is 0 Å². The molecule has 3 radical (unpaired) electrons. The van der Waals surface area contributed by atoms with Gasteiger partial charge in [-0.2, -0.15) is 0 Å². The van der Waals surface area contributed by atoms with Crippen molar-refractivity contribution in [3.63, 3.8) is 0 Å². The van der Waals surface area contributed by atoms with E-state index in [4.69, 9.17) is 11.5 Å². The van der Waals surface area contributed by atoms with Gasteiger partial charge in [0.05, 0.1) is 5.79 Å². The average molecular weight is 172 g/mol. The summed E-state index contributed by atoms with van der Waals surface area (Å²) in [6, 6.07) is 0. The van der Waals surface area contributed by atoms with Gasteiger partial charge in [0.25, 0.3) is 0 Å². The smallest absolute Gasteiger partial charge is 0.174 e. The molecule has 0 heterocycles. The Hall–Kier alpha value is 0.0538. The van der Waals surface area contributed by atoms with Crippen molar-refractivity contribution in [1.82, 2.24) is 4.23 Å². The first-order valence-electron chi connectivity index (χ1n) is 3.05. The molecule has 10 heavy (non-hydrogen) atoms. The van der Waals surface area contributed by atoms with Gasteiger partial charge in [0, 0.05) is 0 Å². The molecule has 0 bridgehead atoms. The maximum absolute atomic E-state index is 5.58. The van der Waals surface area contributed by atoms with E-state index in [9.17, 15) is 0 Å². The first-order valence-corrected chi connectivity index (χ1v) is 6.10. The summed E-state index contributed by atoms with van der Waals surface area (Å²) >= 11 is 0. The van der Waals surface area contributed by atoms with E-state index in [1.807, 2.05) is 23.5 Å². The molecule has 0 aliphatic heterocycles. The molecule has 57 valence electrons. The Morgan fingerprint density at radius 2 is 2.10 bits per heavy atom. The molecule has 0 aliphatic rings. The lowest BCUT2D eigenvalue weighted by atomic mass is 11.2. The number of nitrogens with two attached hydrogens (primary N) is 2. The number of hydrogen-bond acceptors (Lipinski definition) is 3. The molecule has 4 N–H and O–H groups in total. The molecular formula is C5H14N3Si2. The summed E-state index contributed by atoms with van der Waals surface area (Å²) in [5.41, 5.74) is 13.0. The van der Waals surface area contributed by atoms with Crippen molar-refractivity contribution < 1.29 is 0 Å². The zero-order valence-electron chi connectivity index (χ0n) is 6.46. The molecule has 0 saturated heterocycles. The summed E-state index contributed by atoms with van der Waals surface area (Å²) in [5.74, 6) is -0.299. The summed E-state index contributed by atoms with van der Waals surface area (Å²) in [5, 5.41) is 0. The summed E-state index contributed by atoms with van der Waals surface area (Å²) in [7, 11) is 3.46. The van der Waals surface area contributed by atoms with E-state index in [0.29, 0.717) is 0 Å². The van der Waals surface area contributed by atoms with Crippen LogP contribution in [0.3, 0.4) is 0 Å². The third-order valence-corrected chi connectivity index (χ3v) is 6.88. The zero-order chi connectivity index (χ0) is 8.36. The van der Waals surface area contributed by atoms with Gasteiger partial charge in [-0.05, 0) is 7.05 Å². The van der Waals surface area contributed by atoms with Crippen LogP contribution in [0.15, 0.2) is 12.3 Å². The van der Waals surface area contributed by atoms with Crippen molar-refractivity contribution in [2.45, 2.75) is 12.3 Å². The van der Waals surface area contributed by atoms with Gasteiger partial charge >= 0.3 is 0 Å². The molecule has 0 aromatic carbocycles. The highest BCUT2D eigenvalue weighted by atomic mass is 28.4. The third-order valence-electron chi connectivity index (χ3n) is 1.81. The normalized spacial score (nSPS) is 17.5. The van der Waals surface area contributed by atoms with Gasteiger partial charge in [-0.1, -0.05) is 12.2 Å². The topological polar surface area (TPSA) is 55.3 Å². The molecule has 0 aromatic rings. The fourth-order valence-corrected chi connectivity index (χ4v) is 2.21. The van der Waals surface area contributed by atoms with Crippen LogP contribution >= 0.6 is 0 Å². The van der Waals surface area contributed by atoms with Crippen LogP contribution in [-0.4, -0.2) is 35.7 Å². The van der Waals surface area contributed by atoms with Crippen molar-refractivity contribution in [1.29, 1.82) is 0 Å². The predicted octanol–water partition coefficient (Wildman–Crippen LogP) is -0.915. The first kappa shape index (κ1) is 10.1. The molecule has 0 rings (SSSR count). The molecule has 0 saturated carbocycles. The van der Waals surface area contributed by atoms with Crippen molar-refractivity contribution in [2.24, 2.45) is 11.5 Å². The van der Waals surface area contributed by atoms with E-state index in [1.165, 1.54) is 0 Å². The largest absolute Gasteiger partial charge is 0.347 e. The maximum Gasteiger partial charge on any atom is 0.174 e. The summed E-state index contributed by atoms with van der Waals surface area (Å²) in [6.07, 6.45) is 0. The fourth-order valence-electron chi connectivity index (χ4n) is 0.497. The molecule has 0 aromatic heterocycles. The fraction of sp³-hybridized carbons (Fsp3) is 0.600. The predicted molar refractivity (Wildman–Crippen MR) is 47.5 cm³/mol. The third kappa shape index (κ3) is 1.77. The Labute approximate surface area is 66.7 Å². The van der Waals surface area contributed by atoms with Crippen molar-refractivity contribution in [3.8, 4) is 0 Å². The van der Waals surface area contributed by atoms with Crippen molar-refractivity contribution in [2.75, 3.05) is 7.05 Å². The van der Waals surface area contributed by atoms with E-state index < -0.39 is 8.24 Å². The second-order valence-corrected chi connectivity index (χ2v) is 7.83. The molecule has 0 fully saturated rings. The van der Waals surface area contributed by atoms with Crippen LogP contribution in [0, 0.1) is 0 Å². The zero-order valence-corrected chi connectivity index (χ0v) is 8.46. The number of rotatable bonds is 3. The van der Waals surface area contributed by atoms with Gasteiger partial charge in [-0.15, -0.1) is 6.58 Å². The van der Waals surface area contributed by atoms with Gasteiger partial charge in [0.1, 0.15) is 10.4 Å². The monoisotopic (exact) mass is 172 g/mol. The molecule has 0 spiro atoms. The van der Waals surface area contributed by atoms with Gasteiger partial charge in [-0.25, -0.2) is 0 Å². The van der Waals surface area contributed by atoms with Crippen LogP contribution in [-0.2, 0) is 0 Å². The number of nitrogens with zero attached hydrogens (tertiary/aromatic N) is 1. The summed E-state index contributed by atoms with van der Waals surface area (Å²) in [4.78, 5) is 0. The van der Waals surface area contributed by atoms with E-state index in [2.05, 4.69) is 17.0 Å². The lowest BCUT2D eigenvalue weighted by Gasteiger charge is -2.33. The quantitative estimate of drug-likeness (QED) is 0.428. The Kier molecular flexibility index (Phi) is 3.46. The molecule has 0 aliphatic carbocycles. The van der Waals surface area contributed by atoms with Crippen LogP contribution in [0.2, 0.25) is 6.55 Å². The molecule has 1 atom stereocenters. The number of hydrogen-bond donors (Lipinski definition) is 2. The molecular weight excluding hydrogens is 158 g/mol. The van der Waals surface area contributed by atoms with E-state index in [-0.39, 0.29) is 5.79 Å². The Morgan fingerprint density at radius 3 is 2.10 bits per heavy atom. The molecule has 1 unspecified atom stereocenters. The van der Waals surface area contributed by atoms with Crippen molar-refractivity contribution in [3.05, 3.63) is 12.3 Å². The van der Waals surface area contributed by atoms with E-state index in [0.717, 1.165) is 0 Å². The van der Waals surface area contributed by atoms with E-state index >= 15 is 0 Å². The van der Waals surface area contributed by atoms with Crippen LogP contribution in [0.4, 0.5) is 0 Å². The van der Waals surface area contributed by atoms with Crippen molar-refractivity contribution >= 4 is 18.6 Å². The lowest BCUT2D eigenvalue weighted by molar-refractivity contribution is 0.752. The Bertz CT molecular complexity index is 116. The first-order chi connectivity index (χ1) is 4.45. The second kappa shape index (κ2) is 3.45. The standard InChI is InChI=1S/C5H14N3Si2/c1-4-10(3,5(6)7)8(2)9/h4-5H,1,6-7H2,2-3H3. The van der Waals surface area contributed by atoms with Crippen LogP contribution < -0.4 is 11.5 Å². The van der Waals surface area contributed by atoms with Gasteiger partial charge < -0.3 is 15.7 Å². The summed E-state index contributed by atoms with van der Waals surface area (Å²) in [6.45, 7) is 5.74. The van der Waals surface area contributed by atoms with Gasteiger partial charge in [0.15, 0.2) is 8.24 Å². The van der Waals surface area contributed by atoms with Crippen LogP contribution in [0.5, 0.6) is 0 Å². The van der Waals surface area contributed by atoms with Crippen LogP contribution in [0.25, 0.3) is 0 Å². The second-order valence-electron chi connectivity index (χ2n) is 2.51. The van der Waals surface area contributed by atoms with Crippen LogP contribution in [0.1, 0.15) is 0 Å². The maximum atomic E-state index is 5.58. The van der Waals surface area contributed by atoms with Gasteiger partial charge in [0.2, 0.25) is 0 Å². The highest BCUT2D eigenvalue weighted by Gasteiger charge is 2.31. The Balaban J connectivity index is 4.38. The SMILES string of the molecule is C=C[Si](C)(C(N)N)N(C)[Si]. The average Bonchev–Trinajstić information content (AvgIpc) is 1.85. The Morgan fingerprint density at radius 1 is 1.70 bits per heavy atom. The minimum atomic E-state index is -1.81. The highest BCUT2D eigenvalue weighted by Crippen LogP contribution is 2.06. The highest BCUT2D eigenvalue weighted by molar-refractivity contribution is 6.84. The molecule has 0 amide bonds. The molecule has 3 nitrogen and oxygen atoms in total. The minimum absolute atomic E-state index is 0.299. The minimum Gasteiger partial charge on any atom is -0.347 e. The summed E-state index contributed by atoms with van der Waals surface area (Å²) < 4.78 is 1.89. The van der Waals surface area contributed by atoms with E-state index in [1.54, 1.807) is 0 Å². The molecule has 5 heteroatoms. The lowest BCUT2D eigenvalue weighted by Crippen LogP contribution is -2.63.